The number of halogens is 5. The Morgan fingerprint density at radius 3 is 2.38 bits per heavy atom. The van der Waals surface area contributed by atoms with Gasteiger partial charge >= 0.3 is 12.2 Å². The molecular formula is C16H13BrClF3N2O. The van der Waals surface area contributed by atoms with E-state index in [1.165, 1.54) is 6.07 Å². The Hall–Kier alpha value is -1.73. The zero-order valence-corrected chi connectivity index (χ0v) is 14.8. The minimum absolute atomic E-state index is 0.0588. The number of urea groups is 1. The van der Waals surface area contributed by atoms with Gasteiger partial charge in [-0.15, -0.1) is 0 Å². The molecule has 128 valence electrons. The molecule has 1 unspecified atom stereocenters. The summed E-state index contributed by atoms with van der Waals surface area (Å²) in [6.45, 7) is 1.73. The Morgan fingerprint density at radius 2 is 1.79 bits per heavy atom. The highest BCUT2D eigenvalue weighted by Crippen LogP contribution is 2.36. The number of hydrogen-bond acceptors (Lipinski definition) is 1. The molecule has 0 radical (unpaired) electrons. The second-order valence-electron chi connectivity index (χ2n) is 5.06. The van der Waals surface area contributed by atoms with E-state index in [0.29, 0.717) is 0 Å². The van der Waals surface area contributed by atoms with E-state index in [2.05, 4.69) is 26.6 Å². The molecule has 0 saturated carbocycles. The predicted octanol–water partition coefficient (Wildman–Crippen LogP) is 6.00. The van der Waals surface area contributed by atoms with Gasteiger partial charge in [-0.3, -0.25) is 0 Å². The van der Waals surface area contributed by atoms with Gasteiger partial charge in [0.15, 0.2) is 0 Å². The maximum absolute atomic E-state index is 13.0. The van der Waals surface area contributed by atoms with E-state index < -0.39 is 17.8 Å². The second-order valence-corrected chi connectivity index (χ2v) is 6.41. The summed E-state index contributed by atoms with van der Waals surface area (Å²) in [5, 5.41) is 4.75. The maximum atomic E-state index is 13.0. The molecule has 2 aromatic carbocycles. The van der Waals surface area contributed by atoms with Crippen LogP contribution in [-0.4, -0.2) is 6.03 Å². The Bertz CT molecular complexity index is 735. The summed E-state index contributed by atoms with van der Waals surface area (Å²) >= 11 is 8.91. The smallest absolute Gasteiger partial charge is 0.331 e. The molecule has 0 fully saturated rings. The Labute approximate surface area is 150 Å². The molecule has 0 heterocycles. The van der Waals surface area contributed by atoms with Crippen molar-refractivity contribution >= 4 is 39.2 Å². The van der Waals surface area contributed by atoms with Gasteiger partial charge in [0.1, 0.15) is 0 Å². The third kappa shape index (κ3) is 4.88. The van der Waals surface area contributed by atoms with Gasteiger partial charge in [0.2, 0.25) is 0 Å². The molecule has 0 spiro atoms. The van der Waals surface area contributed by atoms with Crippen molar-refractivity contribution < 1.29 is 18.0 Å². The lowest BCUT2D eigenvalue weighted by molar-refractivity contribution is -0.136. The Balaban J connectivity index is 2.11. The number of carbonyl (C=O) groups excluding carboxylic acids is 1. The van der Waals surface area contributed by atoms with Crippen LogP contribution in [0.3, 0.4) is 0 Å². The van der Waals surface area contributed by atoms with E-state index in [4.69, 9.17) is 11.6 Å². The Morgan fingerprint density at radius 1 is 1.17 bits per heavy atom. The lowest BCUT2D eigenvalue weighted by Gasteiger charge is -2.17. The molecule has 2 rings (SSSR count). The fraction of sp³-hybridized carbons (Fsp3) is 0.188. The summed E-state index contributed by atoms with van der Waals surface area (Å²) in [5.41, 5.74) is -0.533. The summed E-state index contributed by atoms with van der Waals surface area (Å²) in [4.78, 5) is 12.0. The molecule has 2 aromatic rings. The summed E-state index contributed by atoms with van der Waals surface area (Å²) in [5.74, 6) is 0. The lowest BCUT2D eigenvalue weighted by atomic mass is 10.1. The van der Waals surface area contributed by atoms with Crippen molar-refractivity contribution in [3.8, 4) is 0 Å². The van der Waals surface area contributed by atoms with Crippen LogP contribution >= 0.6 is 27.5 Å². The number of hydrogen-bond donors (Lipinski definition) is 2. The molecule has 0 aliphatic carbocycles. The second kappa shape index (κ2) is 7.44. The number of anilines is 1. The molecular weight excluding hydrogens is 409 g/mol. The van der Waals surface area contributed by atoms with Gasteiger partial charge < -0.3 is 10.6 Å². The van der Waals surface area contributed by atoms with E-state index in [1.54, 1.807) is 19.1 Å². The van der Waals surface area contributed by atoms with Crippen molar-refractivity contribution in [2.75, 3.05) is 5.32 Å². The highest BCUT2D eigenvalue weighted by molar-refractivity contribution is 9.10. The molecule has 0 aromatic heterocycles. The van der Waals surface area contributed by atoms with Crippen LogP contribution in [0.5, 0.6) is 0 Å². The molecule has 24 heavy (non-hydrogen) atoms. The summed E-state index contributed by atoms with van der Waals surface area (Å²) in [6.07, 6.45) is -4.62. The zero-order valence-electron chi connectivity index (χ0n) is 12.4. The van der Waals surface area contributed by atoms with Crippen molar-refractivity contribution in [2.24, 2.45) is 0 Å². The minimum atomic E-state index is -4.62. The molecule has 0 saturated heterocycles. The number of rotatable bonds is 3. The van der Waals surface area contributed by atoms with Crippen LogP contribution in [0.25, 0.3) is 0 Å². The van der Waals surface area contributed by atoms with Crippen molar-refractivity contribution in [3.63, 3.8) is 0 Å². The van der Waals surface area contributed by atoms with Gasteiger partial charge in [0, 0.05) is 9.50 Å². The van der Waals surface area contributed by atoms with E-state index in [1.807, 2.05) is 12.1 Å². The summed E-state index contributed by atoms with van der Waals surface area (Å²) in [7, 11) is 0. The van der Waals surface area contributed by atoms with Gasteiger partial charge in [-0.2, -0.15) is 13.2 Å². The van der Waals surface area contributed by atoms with E-state index >= 15 is 0 Å². The number of alkyl halides is 3. The average molecular weight is 422 g/mol. The normalized spacial score (nSPS) is 12.6. The third-order valence-corrected chi connectivity index (χ3v) is 4.02. The van der Waals surface area contributed by atoms with Crippen LogP contribution < -0.4 is 10.6 Å². The van der Waals surface area contributed by atoms with Gasteiger partial charge in [-0.25, -0.2) is 4.79 Å². The van der Waals surface area contributed by atoms with Crippen LogP contribution in [0.4, 0.5) is 23.7 Å². The first-order valence-electron chi connectivity index (χ1n) is 6.86. The lowest BCUT2D eigenvalue weighted by Crippen LogP contribution is -2.31. The van der Waals surface area contributed by atoms with Gasteiger partial charge in [-0.1, -0.05) is 39.7 Å². The largest absolute Gasteiger partial charge is 0.418 e. The van der Waals surface area contributed by atoms with Crippen LogP contribution in [0.15, 0.2) is 46.9 Å². The molecule has 1 atom stereocenters. The first-order chi connectivity index (χ1) is 11.2. The number of carbonyl (C=O) groups is 1. The zero-order chi connectivity index (χ0) is 17.9. The van der Waals surface area contributed by atoms with E-state index in [-0.39, 0.29) is 16.8 Å². The topological polar surface area (TPSA) is 41.1 Å². The number of nitrogens with one attached hydrogen (secondary N) is 2. The summed E-state index contributed by atoms with van der Waals surface area (Å²) in [6, 6.07) is 9.29. The molecule has 0 bridgehead atoms. The maximum Gasteiger partial charge on any atom is 0.418 e. The number of benzene rings is 2. The van der Waals surface area contributed by atoms with Crippen LogP contribution in [0.1, 0.15) is 24.1 Å². The molecule has 2 N–H and O–H groups in total. The monoisotopic (exact) mass is 420 g/mol. The van der Waals surface area contributed by atoms with Crippen molar-refractivity contribution in [1.82, 2.24) is 5.32 Å². The fourth-order valence-electron chi connectivity index (χ4n) is 2.05. The van der Waals surface area contributed by atoms with Crippen molar-refractivity contribution in [1.29, 1.82) is 0 Å². The number of amides is 2. The molecule has 2 amide bonds. The summed E-state index contributed by atoms with van der Waals surface area (Å²) < 4.78 is 39.9. The standard InChI is InChI=1S/C16H13BrClF3N2O/c1-9(10-2-4-11(17)5-3-10)22-15(24)23-14-7-6-12(18)8-13(14)16(19,20)21/h2-9H,1H3,(H2,22,23,24). The third-order valence-electron chi connectivity index (χ3n) is 3.25. The average Bonchev–Trinajstić information content (AvgIpc) is 2.48. The van der Waals surface area contributed by atoms with Gasteiger partial charge in [-0.05, 0) is 42.8 Å². The highest BCUT2D eigenvalue weighted by Gasteiger charge is 2.34. The SMILES string of the molecule is CC(NC(=O)Nc1ccc(Cl)cc1C(F)(F)F)c1ccc(Br)cc1. The molecule has 0 aliphatic rings. The predicted molar refractivity (Wildman–Crippen MR) is 91.2 cm³/mol. The van der Waals surface area contributed by atoms with E-state index in [0.717, 1.165) is 22.2 Å². The van der Waals surface area contributed by atoms with Crippen molar-refractivity contribution in [2.45, 2.75) is 19.1 Å². The van der Waals surface area contributed by atoms with Crippen LogP contribution in [0, 0.1) is 0 Å². The fourth-order valence-corrected chi connectivity index (χ4v) is 2.49. The molecule has 3 nitrogen and oxygen atoms in total. The quantitative estimate of drug-likeness (QED) is 0.626. The highest BCUT2D eigenvalue weighted by atomic mass is 79.9. The molecule has 8 heteroatoms. The first kappa shape index (κ1) is 18.6. The Kier molecular flexibility index (Phi) is 5.77. The van der Waals surface area contributed by atoms with Gasteiger partial charge in [0.25, 0.3) is 0 Å². The molecule has 0 aliphatic heterocycles. The van der Waals surface area contributed by atoms with E-state index in [9.17, 15) is 18.0 Å². The first-order valence-corrected chi connectivity index (χ1v) is 8.03. The minimum Gasteiger partial charge on any atom is -0.331 e. The van der Waals surface area contributed by atoms with Crippen molar-refractivity contribution in [3.05, 3.63) is 63.1 Å². The van der Waals surface area contributed by atoms with Crippen LogP contribution in [0.2, 0.25) is 5.02 Å². The van der Waals surface area contributed by atoms with Gasteiger partial charge in [0.05, 0.1) is 17.3 Å². The van der Waals surface area contributed by atoms with Crippen LogP contribution in [-0.2, 0) is 6.18 Å².